The first-order valence-corrected chi connectivity index (χ1v) is 14.4. The molecule has 9 nitrogen and oxygen atoms in total. The molecule has 4 aliphatic heterocycles. The Morgan fingerprint density at radius 1 is 1.07 bits per heavy atom. The summed E-state index contributed by atoms with van der Waals surface area (Å²) in [4.78, 5) is 29.2. The van der Waals surface area contributed by atoms with Gasteiger partial charge in [0.25, 0.3) is 0 Å². The molecule has 0 radical (unpaired) electrons. The lowest BCUT2D eigenvalue weighted by molar-refractivity contribution is -0.220. The third kappa shape index (κ3) is 5.10. The lowest BCUT2D eigenvalue weighted by atomic mass is 9.77. The summed E-state index contributed by atoms with van der Waals surface area (Å²) in [7, 11) is 1.53. The number of methoxy groups -OCH3 is 1. The van der Waals surface area contributed by atoms with Gasteiger partial charge in [0.05, 0.1) is 30.6 Å². The summed E-state index contributed by atoms with van der Waals surface area (Å²) >= 11 is 0. The maximum atomic E-state index is 14.2. The molecule has 2 saturated heterocycles. The predicted octanol–water partition coefficient (Wildman–Crippen LogP) is 4.56. The van der Waals surface area contributed by atoms with Gasteiger partial charge >= 0.3 is 18.1 Å². The fourth-order valence-corrected chi connectivity index (χ4v) is 7.53. The van der Waals surface area contributed by atoms with E-state index in [9.17, 15) is 22.8 Å². The molecule has 1 aliphatic carbocycles. The van der Waals surface area contributed by atoms with Crippen LogP contribution in [-0.4, -0.2) is 79.5 Å². The van der Waals surface area contributed by atoms with Crippen molar-refractivity contribution in [2.24, 2.45) is 0 Å². The Bertz CT molecular complexity index is 1300. The van der Waals surface area contributed by atoms with Crippen molar-refractivity contribution in [1.82, 2.24) is 4.90 Å². The minimum Gasteiger partial charge on any atom is -0.497 e. The van der Waals surface area contributed by atoms with Crippen molar-refractivity contribution in [2.75, 3.05) is 33.6 Å². The molecule has 0 amide bonds. The van der Waals surface area contributed by atoms with Gasteiger partial charge in [-0.2, -0.15) is 13.2 Å². The summed E-state index contributed by atoms with van der Waals surface area (Å²) in [6, 6.07) is 3.95. The number of esters is 2. The molecule has 230 valence electrons. The first-order chi connectivity index (χ1) is 19.8. The van der Waals surface area contributed by atoms with Crippen molar-refractivity contribution in [3.8, 4) is 11.5 Å². The van der Waals surface area contributed by atoms with E-state index < -0.39 is 54.0 Å². The molecule has 6 rings (SSSR count). The molecule has 4 heterocycles. The number of ether oxygens (including phenoxy) is 6. The Kier molecular flexibility index (Phi) is 7.15. The fraction of sp³-hybridized carbons (Fsp3) is 0.667. The Hall–Kier alpha value is -2.99. The summed E-state index contributed by atoms with van der Waals surface area (Å²) in [5.74, 6) is -0.576. The topological polar surface area (TPSA) is 92.8 Å². The Balaban J connectivity index is 1.36. The highest BCUT2D eigenvalue weighted by Crippen LogP contribution is 2.56. The highest BCUT2D eigenvalue weighted by atomic mass is 19.4. The van der Waals surface area contributed by atoms with E-state index in [0.717, 1.165) is 43.5 Å². The molecule has 12 heteroatoms. The zero-order valence-electron chi connectivity index (χ0n) is 24.0. The van der Waals surface area contributed by atoms with Crippen molar-refractivity contribution in [1.29, 1.82) is 0 Å². The quantitative estimate of drug-likeness (QED) is 0.439. The summed E-state index contributed by atoms with van der Waals surface area (Å²) in [5.41, 5.74) is -1.07. The zero-order chi connectivity index (χ0) is 29.9. The fourth-order valence-electron chi connectivity index (χ4n) is 7.53. The van der Waals surface area contributed by atoms with Crippen LogP contribution in [0, 0.1) is 0 Å². The summed E-state index contributed by atoms with van der Waals surface area (Å²) in [6.07, 6.45) is -0.424. The van der Waals surface area contributed by atoms with Crippen LogP contribution in [-0.2, 0) is 35.0 Å². The van der Waals surface area contributed by atoms with E-state index >= 15 is 0 Å². The van der Waals surface area contributed by atoms with Gasteiger partial charge in [0, 0.05) is 6.54 Å². The molecule has 2 unspecified atom stereocenters. The SMILES string of the molecule is COC1=C[C@]23CCCN2CCc2cc4c(cc2[C@@H]3C1OC(=O)C1(CC(=O)OCC(F)(F)F)CCCC(C)(C)O1)OCO4. The van der Waals surface area contributed by atoms with Crippen LogP contribution >= 0.6 is 0 Å². The zero-order valence-corrected chi connectivity index (χ0v) is 24.0. The van der Waals surface area contributed by atoms with Gasteiger partial charge in [-0.25, -0.2) is 4.79 Å². The second kappa shape index (κ2) is 10.3. The van der Waals surface area contributed by atoms with Crippen molar-refractivity contribution in [2.45, 2.75) is 93.7 Å². The number of hydrogen-bond donors (Lipinski definition) is 0. The van der Waals surface area contributed by atoms with Crippen LogP contribution < -0.4 is 9.47 Å². The van der Waals surface area contributed by atoms with Gasteiger partial charge in [0.2, 0.25) is 6.79 Å². The van der Waals surface area contributed by atoms with Gasteiger partial charge in [-0.15, -0.1) is 0 Å². The number of fused-ring (bicyclic) bond motifs is 3. The lowest BCUT2D eigenvalue weighted by Crippen LogP contribution is -2.54. The number of hydrogen-bond acceptors (Lipinski definition) is 9. The van der Waals surface area contributed by atoms with E-state index in [1.807, 2.05) is 12.1 Å². The summed E-state index contributed by atoms with van der Waals surface area (Å²) in [5, 5.41) is 0. The van der Waals surface area contributed by atoms with Crippen LogP contribution in [0.3, 0.4) is 0 Å². The molecule has 1 aromatic rings. The van der Waals surface area contributed by atoms with E-state index in [2.05, 4.69) is 15.7 Å². The van der Waals surface area contributed by atoms with Gasteiger partial charge in [-0.3, -0.25) is 9.69 Å². The van der Waals surface area contributed by atoms with E-state index in [0.29, 0.717) is 30.1 Å². The van der Waals surface area contributed by atoms with Gasteiger partial charge in [-0.05, 0) is 88.3 Å². The molecule has 0 aromatic heterocycles. The maximum absolute atomic E-state index is 14.2. The van der Waals surface area contributed by atoms with E-state index in [-0.39, 0.29) is 19.1 Å². The van der Waals surface area contributed by atoms with E-state index in [1.54, 1.807) is 13.8 Å². The predicted molar refractivity (Wildman–Crippen MR) is 141 cm³/mol. The third-order valence-corrected chi connectivity index (χ3v) is 9.23. The molecular formula is C30H36F3NO8. The minimum atomic E-state index is -4.69. The highest BCUT2D eigenvalue weighted by Gasteiger charge is 2.60. The lowest BCUT2D eigenvalue weighted by Gasteiger charge is -2.44. The Labute approximate surface area is 242 Å². The second-order valence-electron chi connectivity index (χ2n) is 12.5. The van der Waals surface area contributed by atoms with Crippen LogP contribution in [0.2, 0.25) is 0 Å². The molecule has 42 heavy (non-hydrogen) atoms. The van der Waals surface area contributed by atoms with Gasteiger partial charge < -0.3 is 28.4 Å². The molecule has 5 aliphatic rings. The molecular weight excluding hydrogens is 559 g/mol. The molecule has 0 N–H and O–H groups in total. The molecule has 1 spiro atoms. The van der Waals surface area contributed by atoms with Crippen LogP contribution in [0.25, 0.3) is 0 Å². The molecule has 1 aromatic carbocycles. The average molecular weight is 596 g/mol. The number of carbonyl (C=O) groups is 2. The first kappa shape index (κ1) is 29.1. The number of rotatable bonds is 6. The Morgan fingerprint density at radius 3 is 2.55 bits per heavy atom. The standard InChI is InChI=1S/C30H36F3NO8/c1-27(2)7-4-9-29(42-27,15-23(35)38-16-30(31,32)33)26(36)41-25-22(37-3)14-28-8-5-10-34(28)11-6-18-12-20-21(40-17-39-20)13-19(18)24(25)28/h12-14,24-25H,4-11,15-17H2,1-3H3/t24-,25?,28+,29?/m1/s1. The first-order valence-electron chi connectivity index (χ1n) is 14.4. The maximum Gasteiger partial charge on any atom is 0.422 e. The van der Waals surface area contributed by atoms with Crippen molar-refractivity contribution in [3.05, 3.63) is 35.1 Å². The smallest absolute Gasteiger partial charge is 0.422 e. The molecule has 0 bridgehead atoms. The van der Waals surface area contributed by atoms with Gasteiger partial charge in [-0.1, -0.05) is 0 Å². The van der Waals surface area contributed by atoms with Crippen LogP contribution in [0.4, 0.5) is 13.2 Å². The Morgan fingerprint density at radius 2 is 1.83 bits per heavy atom. The number of halogens is 3. The van der Waals surface area contributed by atoms with E-state index in [1.165, 1.54) is 7.11 Å². The molecule has 2 fully saturated rings. The van der Waals surface area contributed by atoms with Crippen molar-refractivity contribution >= 4 is 11.9 Å². The van der Waals surface area contributed by atoms with Crippen molar-refractivity contribution < 1.29 is 51.2 Å². The number of benzene rings is 1. The van der Waals surface area contributed by atoms with Crippen LogP contribution in [0.5, 0.6) is 11.5 Å². The normalized spacial score (nSPS) is 31.3. The molecule has 4 atom stereocenters. The van der Waals surface area contributed by atoms with Crippen molar-refractivity contribution in [3.63, 3.8) is 0 Å². The summed E-state index contributed by atoms with van der Waals surface area (Å²) in [6.45, 7) is 3.61. The van der Waals surface area contributed by atoms with Crippen LogP contribution in [0.1, 0.15) is 69.4 Å². The number of nitrogens with zero attached hydrogens (tertiary/aromatic N) is 1. The largest absolute Gasteiger partial charge is 0.497 e. The van der Waals surface area contributed by atoms with E-state index in [4.69, 9.17) is 23.7 Å². The second-order valence-corrected chi connectivity index (χ2v) is 12.5. The third-order valence-electron chi connectivity index (χ3n) is 9.23. The van der Waals surface area contributed by atoms with Gasteiger partial charge in [0.15, 0.2) is 29.8 Å². The molecule has 0 saturated carbocycles. The number of alkyl halides is 3. The number of carbonyl (C=O) groups excluding carboxylic acids is 2. The summed E-state index contributed by atoms with van der Waals surface area (Å²) < 4.78 is 72.6. The van der Waals surface area contributed by atoms with Gasteiger partial charge in [0.1, 0.15) is 5.76 Å². The average Bonchev–Trinajstić information content (AvgIpc) is 3.60. The highest BCUT2D eigenvalue weighted by molar-refractivity contribution is 5.86. The van der Waals surface area contributed by atoms with Crippen LogP contribution in [0.15, 0.2) is 24.0 Å². The minimum absolute atomic E-state index is 0.104. The monoisotopic (exact) mass is 595 g/mol.